The van der Waals surface area contributed by atoms with Gasteiger partial charge in [-0.1, -0.05) is 36.4 Å². The number of hydrogen-bond acceptors (Lipinski definition) is 6. The molecule has 0 N–H and O–H groups in total. The third-order valence-corrected chi connectivity index (χ3v) is 5.94. The topological polar surface area (TPSA) is 71.1 Å². The molecule has 1 aromatic carbocycles. The van der Waals surface area contributed by atoms with Gasteiger partial charge in [0.15, 0.2) is 0 Å². The number of ether oxygens (including phenoxy) is 4. The van der Waals surface area contributed by atoms with Gasteiger partial charge >= 0.3 is 11.9 Å². The number of benzene rings is 1. The van der Waals surface area contributed by atoms with E-state index in [1.807, 2.05) is 36.4 Å². The normalized spacial score (nSPS) is 27.9. The molecular formula is C23H24O6. The quantitative estimate of drug-likeness (QED) is 0.730. The van der Waals surface area contributed by atoms with E-state index in [2.05, 4.69) is 0 Å². The summed E-state index contributed by atoms with van der Waals surface area (Å²) in [5.41, 5.74) is 2.95. The molecule has 2 bridgehead atoms. The molecule has 0 aromatic heterocycles. The van der Waals surface area contributed by atoms with E-state index in [1.54, 1.807) is 13.8 Å². The van der Waals surface area contributed by atoms with Crippen LogP contribution in [0.25, 0.3) is 5.57 Å². The Hall–Kier alpha value is -3.02. The van der Waals surface area contributed by atoms with Crippen molar-refractivity contribution in [2.24, 2.45) is 11.8 Å². The van der Waals surface area contributed by atoms with Gasteiger partial charge in [-0.25, -0.2) is 9.59 Å². The molecule has 4 rings (SSSR count). The van der Waals surface area contributed by atoms with Gasteiger partial charge < -0.3 is 18.9 Å². The first-order valence-electron chi connectivity index (χ1n) is 9.64. The molecule has 0 fully saturated rings. The second kappa shape index (κ2) is 7.43. The summed E-state index contributed by atoms with van der Waals surface area (Å²) in [5, 5.41) is 0. The van der Waals surface area contributed by atoms with E-state index in [0.717, 1.165) is 11.1 Å². The van der Waals surface area contributed by atoms with Crippen LogP contribution in [0.3, 0.4) is 0 Å². The second-order valence-corrected chi connectivity index (χ2v) is 7.47. The highest BCUT2D eigenvalue weighted by molar-refractivity contribution is 5.93. The maximum absolute atomic E-state index is 12.5. The molecule has 3 aliphatic rings. The lowest BCUT2D eigenvalue weighted by Crippen LogP contribution is -2.37. The summed E-state index contributed by atoms with van der Waals surface area (Å²) < 4.78 is 22.4. The lowest BCUT2D eigenvalue weighted by Gasteiger charge is -2.34. The van der Waals surface area contributed by atoms with Crippen LogP contribution in [0.15, 0.2) is 59.1 Å². The Kier molecular flexibility index (Phi) is 4.94. The molecule has 6 nitrogen and oxygen atoms in total. The van der Waals surface area contributed by atoms with Gasteiger partial charge in [-0.3, -0.25) is 0 Å². The van der Waals surface area contributed by atoms with E-state index >= 15 is 0 Å². The van der Waals surface area contributed by atoms with Crippen molar-refractivity contribution in [1.29, 1.82) is 0 Å². The third kappa shape index (κ3) is 3.12. The van der Waals surface area contributed by atoms with Crippen LogP contribution in [0.1, 0.15) is 25.8 Å². The first kappa shape index (κ1) is 19.3. The maximum atomic E-state index is 12.5. The molecule has 0 saturated heterocycles. The first-order valence-corrected chi connectivity index (χ1v) is 9.64. The molecule has 2 unspecified atom stereocenters. The molecule has 152 valence electrons. The number of fused-ring (bicyclic) bond motifs is 4. The average molecular weight is 396 g/mol. The highest BCUT2D eigenvalue weighted by Crippen LogP contribution is 2.49. The van der Waals surface area contributed by atoms with Crippen molar-refractivity contribution >= 4 is 17.5 Å². The van der Waals surface area contributed by atoms with Crippen LogP contribution in [0, 0.1) is 11.8 Å². The van der Waals surface area contributed by atoms with Crippen LogP contribution < -0.4 is 0 Å². The zero-order valence-corrected chi connectivity index (χ0v) is 16.9. The van der Waals surface area contributed by atoms with Crippen molar-refractivity contribution in [2.45, 2.75) is 32.5 Å². The van der Waals surface area contributed by atoms with Crippen LogP contribution >= 0.6 is 0 Å². The van der Waals surface area contributed by atoms with E-state index in [1.165, 1.54) is 14.2 Å². The van der Waals surface area contributed by atoms with Crippen LogP contribution in [0.5, 0.6) is 0 Å². The number of esters is 2. The lowest BCUT2D eigenvalue weighted by atomic mass is 9.80. The second-order valence-electron chi connectivity index (χ2n) is 7.47. The monoisotopic (exact) mass is 396 g/mol. The minimum absolute atomic E-state index is 0.246. The lowest BCUT2D eigenvalue weighted by molar-refractivity contribution is -0.138. The van der Waals surface area contributed by atoms with Crippen molar-refractivity contribution in [2.75, 3.05) is 14.2 Å². The molecular weight excluding hydrogens is 372 g/mol. The summed E-state index contributed by atoms with van der Waals surface area (Å²) in [6.45, 7) is 3.55. The minimum atomic E-state index is -0.430. The highest BCUT2D eigenvalue weighted by Gasteiger charge is 2.50. The van der Waals surface area contributed by atoms with Crippen LogP contribution in [-0.4, -0.2) is 38.4 Å². The maximum Gasteiger partial charge on any atom is 0.337 e. The number of allylic oxidation sites excluding steroid dienone is 2. The smallest absolute Gasteiger partial charge is 0.337 e. The van der Waals surface area contributed by atoms with E-state index in [-0.39, 0.29) is 17.9 Å². The van der Waals surface area contributed by atoms with Gasteiger partial charge in [0.1, 0.15) is 23.7 Å². The summed E-state index contributed by atoms with van der Waals surface area (Å²) in [4.78, 5) is 25.1. The van der Waals surface area contributed by atoms with Gasteiger partial charge in [-0.2, -0.15) is 0 Å². The molecule has 1 aliphatic carbocycles. The van der Waals surface area contributed by atoms with Crippen molar-refractivity contribution < 1.29 is 28.5 Å². The molecule has 1 aromatic rings. The fourth-order valence-corrected chi connectivity index (χ4v) is 4.68. The third-order valence-electron chi connectivity index (χ3n) is 5.94. The number of carbonyl (C=O) groups is 2. The molecule has 4 atom stereocenters. The summed E-state index contributed by atoms with van der Waals surface area (Å²) in [6, 6.07) is 9.92. The standard InChI is InChI=1S/C23H24O6/c1-12-19(22(24)26-3)17-11-18(28-12)15(14-8-6-5-7-9-14)10-16-20(23(25)27-4)13(2)29-21(16)17/h5-10,16-18,21H,11H2,1-4H3/t16?,17-,18-,21?/m0/s1. The van der Waals surface area contributed by atoms with Crippen LogP contribution in [0.4, 0.5) is 0 Å². The van der Waals surface area contributed by atoms with Gasteiger partial charge in [-0.15, -0.1) is 0 Å². The highest BCUT2D eigenvalue weighted by atomic mass is 16.5. The predicted molar refractivity (Wildman–Crippen MR) is 105 cm³/mol. The van der Waals surface area contributed by atoms with E-state index in [4.69, 9.17) is 18.9 Å². The Morgan fingerprint density at radius 3 is 2.21 bits per heavy atom. The molecule has 6 heteroatoms. The van der Waals surface area contributed by atoms with Gasteiger partial charge in [0, 0.05) is 5.92 Å². The average Bonchev–Trinajstić information content (AvgIpc) is 3.00. The van der Waals surface area contributed by atoms with Crippen molar-refractivity contribution in [3.63, 3.8) is 0 Å². The zero-order valence-electron chi connectivity index (χ0n) is 16.9. The molecule has 0 amide bonds. The zero-order chi connectivity index (χ0) is 20.7. The fourth-order valence-electron chi connectivity index (χ4n) is 4.68. The largest absolute Gasteiger partial charge is 0.493 e. The molecule has 2 aliphatic heterocycles. The van der Waals surface area contributed by atoms with Crippen molar-refractivity contribution in [3.8, 4) is 0 Å². The Morgan fingerprint density at radius 2 is 1.55 bits per heavy atom. The Morgan fingerprint density at radius 1 is 0.931 bits per heavy atom. The van der Waals surface area contributed by atoms with Gasteiger partial charge in [0.05, 0.1) is 31.3 Å². The Labute approximate surface area is 169 Å². The number of hydrogen-bond donors (Lipinski definition) is 0. The predicted octanol–water partition coefficient (Wildman–Crippen LogP) is 3.40. The van der Waals surface area contributed by atoms with Crippen LogP contribution in [0.2, 0.25) is 0 Å². The van der Waals surface area contributed by atoms with E-state index in [9.17, 15) is 9.59 Å². The summed E-state index contributed by atoms with van der Waals surface area (Å²) in [7, 11) is 2.72. The number of rotatable bonds is 3. The SMILES string of the molecule is COC(=O)C1=C(C)OC2C1C=C(c1ccccc1)[C@@H]1C[C@H]2C(C(=O)OC)=C(C)O1. The van der Waals surface area contributed by atoms with Crippen molar-refractivity contribution in [3.05, 3.63) is 64.6 Å². The molecule has 0 radical (unpaired) electrons. The Bertz CT molecular complexity index is 939. The minimum Gasteiger partial charge on any atom is -0.493 e. The summed E-state index contributed by atoms with van der Waals surface area (Å²) in [5.74, 6) is -0.393. The van der Waals surface area contributed by atoms with Gasteiger partial charge in [0.2, 0.25) is 0 Å². The van der Waals surface area contributed by atoms with E-state index < -0.39 is 18.0 Å². The molecule has 0 spiro atoms. The fraction of sp³-hybridized carbons (Fsp3) is 0.391. The molecule has 29 heavy (non-hydrogen) atoms. The van der Waals surface area contributed by atoms with Gasteiger partial charge in [0.25, 0.3) is 0 Å². The van der Waals surface area contributed by atoms with Gasteiger partial charge in [-0.05, 0) is 31.4 Å². The summed E-state index contributed by atoms with van der Waals surface area (Å²) in [6.07, 6.45) is 1.96. The number of methoxy groups -OCH3 is 2. The number of carbonyl (C=O) groups excluding carboxylic acids is 2. The van der Waals surface area contributed by atoms with Crippen molar-refractivity contribution in [1.82, 2.24) is 0 Å². The molecule has 2 heterocycles. The molecule has 0 saturated carbocycles. The van der Waals surface area contributed by atoms with Crippen LogP contribution in [-0.2, 0) is 28.5 Å². The van der Waals surface area contributed by atoms with E-state index in [0.29, 0.717) is 29.1 Å². The first-order chi connectivity index (χ1) is 14.0. The summed E-state index contributed by atoms with van der Waals surface area (Å²) >= 11 is 0. The Balaban J connectivity index is 1.89.